The van der Waals surface area contributed by atoms with Crippen molar-refractivity contribution in [3.63, 3.8) is 0 Å². The van der Waals surface area contributed by atoms with Crippen LogP contribution in [-0.2, 0) is 0 Å². The standard InChI is InChI=1S/C20H19Cl2N3O/c1-3-25(4-2)13-6-8-15-18(10-13)26-20(24)16(11-23)19(15)14-7-5-12(21)9-17(14)22/h5-10,19H,3-4,24H2,1-2H3/t19-/m0/s1. The third-order valence-electron chi connectivity index (χ3n) is 4.60. The normalized spacial score (nSPS) is 15.9. The van der Waals surface area contributed by atoms with Gasteiger partial charge in [0.05, 0.1) is 5.92 Å². The molecule has 0 saturated carbocycles. The molecular weight excluding hydrogens is 369 g/mol. The highest BCUT2D eigenvalue weighted by Gasteiger charge is 2.32. The second kappa shape index (κ2) is 7.49. The van der Waals surface area contributed by atoms with E-state index in [1.54, 1.807) is 12.1 Å². The lowest BCUT2D eigenvalue weighted by Gasteiger charge is -2.29. The summed E-state index contributed by atoms with van der Waals surface area (Å²) in [6.45, 7) is 5.97. The molecular formula is C20H19Cl2N3O. The van der Waals surface area contributed by atoms with Crippen LogP contribution in [0.4, 0.5) is 5.69 Å². The quantitative estimate of drug-likeness (QED) is 0.796. The second-order valence-electron chi connectivity index (χ2n) is 5.99. The summed E-state index contributed by atoms with van der Waals surface area (Å²) in [5.41, 5.74) is 9.08. The maximum absolute atomic E-state index is 9.64. The van der Waals surface area contributed by atoms with E-state index in [-0.39, 0.29) is 11.8 Å². The van der Waals surface area contributed by atoms with Crippen molar-refractivity contribution >= 4 is 28.9 Å². The molecule has 0 fully saturated rings. The van der Waals surface area contributed by atoms with Crippen molar-refractivity contribution < 1.29 is 4.74 Å². The van der Waals surface area contributed by atoms with Crippen molar-refractivity contribution in [1.82, 2.24) is 0 Å². The maximum Gasteiger partial charge on any atom is 0.205 e. The third-order valence-corrected chi connectivity index (χ3v) is 5.17. The Bertz CT molecular complexity index is 914. The summed E-state index contributed by atoms with van der Waals surface area (Å²) in [5, 5.41) is 10.7. The van der Waals surface area contributed by atoms with Crippen LogP contribution in [0.2, 0.25) is 10.0 Å². The van der Waals surface area contributed by atoms with Crippen LogP contribution in [0.15, 0.2) is 47.9 Å². The molecule has 1 aliphatic heterocycles. The zero-order chi connectivity index (χ0) is 18.8. The van der Waals surface area contributed by atoms with E-state index in [0.29, 0.717) is 21.4 Å². The predicted octanol–water partition coefficient (Wildman–Crippen LogP) is 5.06. The number of nitrogens with two attached hydrogens (primary N) is 1. The summed E-state index contributed by atoms with van der Waals surface area (Å²) in [6.07, 6.45) is 0. The molecule has 3 rings (SSSR count). The van der Waals surface area contributed by atoms with Crippen molar-refractivity contribution in [1.29, 1.82) is 5.26 Å². The van der Waals surface area contributed by atoms with E-state index in [1.807, 2.05) is 24.3 Å². The molecule has 0 unspecified atom stereocenters. The molecule has 0 aromatic heterocycles. The van der Waals surface area contributed by atoms with Gasteiger partial charge in [0.2, 0.25) is 5.88 Å². The molecule has 4 nitrogen and oxygen atoms in total. The van der Waals surface area contributed by atoms with Crippen LogP contribution in [0.25, 0.3) is 0 Å². The molecule has 0 radical (unpaired) electrons. The lowest BCUT2D eigenvalue weighted by Crippen LogP contribution is -2.24. The number of hydrogen-bond acceptors (Lipinski definition) is 4. The molecule has 0 spiro atoms. The third kappa shape index (κ3) is 3.21. The monoisotopic (exact) mass is 387 g/mol. The van der Waals surface area contributed by atoms with Gasteiger partial charge in [-0.15, -0.1) is 0 Å². The number of benzene rings is 2. The van der Waals surface area contributed by atoms with E-state index < -0.39 is 0 Å². The summed E-state index contributed by atoms with van der Waals surface area (Å²) in [7, 11) is 0. The van der Waals surface area contributed by atoms with E-state index in [9.17, 15) is 5.26 Å². The first-order chi connectivity index (χ1) is 12.5. The Balaban J connectivity index is 2.17. The average molecular weight is 388 g/mol. The average Bonchev–Trinajstić information content (AvgIpc) is 2.62. The largest absolute Gasteiger partial charge is 0.440 e. The Hall–Kier alpha value is -2.35. The minimum absolute atomic E-state index is 0.104. The molecule has 26 heavy (non-hydrogen) atoms. The Morgan fingerprint density at radius 3 is 2.42 bits per heavy atom. The number of nitriles is 1. The van der Waals surface area contributed by atoms with Crippen molar-refractivity contribution in [2.75, 3.05) is 18.0 Å². The molecule has 2 N–H and O–H groups in total. The lowest BCUT2D eigenvalue weighted by molar-refractivity contribution is 0.393. The van der Waals surface area contributed by atoms with Crippen molar-refractivity contribution in [3.05, 3.63) is 69.0 Å². The maximum atomic E-state index is 9.64. The van der Waals surface area contributed by atoms with E-state index in [4.69, 9.17) is 33.7 Å². The molecule has 1 heterocycles. The van der Waals surface area contributed by atoms with E-state index >= 15 is 0 Å². The zero-order valence-corrected chi connectivity index (χ0v) is 16.1. The van der Waals surface area contributed by atoms with Crippen LogP contribution in [0.1, 0.15) is 30.9 Å². The van der Waals surface area contributed by atoms with Gasteiger partial charge in [0.25, 0.3) is 0 Å². The van der Waals surface area contributed by atoms with Gasteiger partial charge in [0, 0.05) is 40.5 Å². The van der Waals surface area contributed by atoms with Crippen LogP contribution in [0.3, 0.4) is 0 Å². The molecule has 2 aromatic carbocycles. The van der Waals surface area contributed by atoms with Gasteiger partial charge < -0.3 is 15.4 Å². The van der Waals surface area contributed by atoms with Crippen molar-refractivity contribution in [2.45, 2.75) is 19.8 Å². The van der Waals surface area contributed by atoms with Gasteiger partial charge in [0.15, 0.2) is 0 Å². The first kappa shape index (κ1) is 18.4. The SMILES string of the molecule is CCN(CC)c1ccc2c(c1)OC(N)=C(C#N)[C@H]2c1ccc(Cl)cc1Cl. The summed E-state index contributed by atoms with van der Waals surface area (Å²) in [6, 6.07) is 13.4. The summed E-state index contributed by atoms with van der Waals surface area (Å²) in [5.74, 6) is 0.355. The van der Waals surface area contributed by atoms with Gasteiger partial charge >= 0.3 is 0 Å². The summed E-state index contributed by atoms with van der Waals surface area (Å²) < 4.78 is 5.77. The first-order valence-electron chi connectivity index (χ1n) is 8.41. The van der Waals surface area contributed by atoms with E-state index in [2.05, 4.69) is 24.8 Å². The number of halogens is 2. The van der Waals surface area contributed by atoms with Crippen LogP contribution < -0.4 is 15.4 Å². The highest BCUT2D eigenvalue weighted by atomic mass is 35.5. The molecule has 134 valence electrons. The lowest BCUT2D eigenvalue weighted by atomic mass is 9.83. The van der Waals surface area contributed by atoms with Crippen molar-refractivity contribution in [2.24, 2.45) is 5.73 Å². The number of fused-ring (bicyclic) bond motifs is 1. The minimum atomic E-state index is -0.390. The Morgan fingerprint density at radius 1 is 1.12 bits per heavy atom. The second-order valence-corrected chi connectivity index (χ2v) is 6.83. The van der Waals surface area contributed by atoms with Crippen LogP contribution in [-0.4, -0.2) is 13.1 Å². The smallest absolute Gasteiger partial charge is 0.205 e. The molecule has 1 aliphatic rings. The van der Waals surface area contributed by atoms with Gasteiger partial charge in [-0.05, 0) is 37.6 Å². The molecule has 0 saturated heterocycles. The number of nitrogens with zero attached hydrogens (tertiary/aromatic N) is 2. The van der Waals surface area contributed by atoms with E-state index in [1.165, 1.54) is 0 Å². The summed E-state index contributed by atoms with van der Waals surface area (Å²) >= 11 is 12.4. The number of ether oxygens (including phenoxy) is 1. The predicted molar refractivity (Wildman–Crippen MR) is 106 cm³/mol. The fourth-order valence-corrected chi connectivity index (χ4v) is 3.80. The molecule has 2 aromatic rings. The highest BCUT2D eigenvalue weighted by molar-refractivity contribution is 6.35. The van der Waals surface area contributed by atoms with Gasteiger partial charge in [-0.1, -0.05) is 35.3 Å². The van der Waals surface area contributed by atoms with Crippen LogP contribution >= 0.6 is 23.2 Å². The molecule has 1 atom stereocenters. The van der Waals surface area contributed by atoms with Gasteiger partial charge in [0.1, 0.15) is 17.4 Å². The Morgan fingerprint density at radius 2 is 1.81 bits per heavy atom. The molecule has 0 bridgehead atoms. The fraction of sp³-hybridized carbons (Fsp3) is 0.250. The topological polar surface area (TPSA) is 62.3 Å². The van der Waals surface area contributed by atoms with Crippen LogP contribution in [0.5, 0.6) is 5.75 Å². The minimum Gasteiger partial charge on any atom is -0.440 e. The molecule has 0 aliphatic carbocycles. The number of allylic oxidation sites excluding steroid dienone is 1. The number of rotatable bonds is 4. The molecule has 6 heteroatoms. The van der Waals surface area contributed by atoms with Gasteiger partial charge in [-0.3, -0.25) is 0 Å². The first-order valence-corrected chi connectivity index (χ1v) is 9.17. The fourth-order valence-electron chi connectivity index (χ4n) is 3.28. The highest BCUT2D eigenvalue weighted by Crippen LogP contribution is 2.45. The van der Waals surface area contributed by atoms with Crippen LogP contribution in [0, 0.1) is 11.3 Å². The molecule has 0 amide bonds. The Labute approximate surface area is 163 Å². The van der Waals surface area contributed by atoms with Crippen molar-refractivity contribution in [3.8, 4) is 11.8 Å². The number of hydrogen-bond donors (Lipinski definition) is 1. The van der Waals surface area contributed by atoms with Gasteiger partial charge in [-0.25, -0.2) is 0 Å². The Kier molecular flexibility index (Phi) is 5.31. The zero-order valence-electron chi connectivity index (χ0n) is 14.6. The number of anilines is 1. The van der Waals surface area contributed by atoms with E-state index in [0.717, 1.165) is 29.9 Å². The summed E-state index contributed by atoms with van der Waals surface area (Å²) in [4.78, 5) is 2.22. The van der Waals surface area contributed by atoms with Gasteiger partial charge in [-0.2, -0.15) is 5.26 Å².